The van der Waals surface area contributed by atoms with Crippen LogP contribution in [0.1, 0.15) is 39.5 Å². The average Bonchev–Trinajstić information content (AvgIpc) is 3.10. The van der Waals surface area contributed by atoms with E-state index in [1.54, 1.807) is 0 Å². The molecule has 0 aromatic carbocycles. The molecule has 2 aliphatic heterocycles. The Morgan fingerprint density at radius 1 is 1.19 bits per heavy atom. The minimum Gasteiger partial charge on any atom is -0.354 e. The molecular formula is C21H35N5O. The highest BCUT2D eigenvalue weighted by atomic mass is 16.2. The predicted octanol–water partition coefficient (Wildman–Crippen LogP) is 2.72. The van der Waals surface area contributed by atoms with E-state index in [4.69, 9.17) is 0 Å². The molecule has 0 radical (unpaired) electrons. The number of pyridine rings is 1. The summed E-state index contributed by atoms with van der Waals surface area (Å²) in [5.74, 6) is 2.62. The van der Waals surface area contributed by atoms with Crippen molar-refractivity contribution in [1.29, 1.82) is 0 Å². The highest BCUT2D eigenvalue weighted by Gasteiger charge is 2.24. The molecule has 6 nitrogen and oxygen atoms in total. The lowest BCUT2D eigenvalue weighted by Gasteiger charge is -2.34. The second kappa shape index (κ2) is 9.93. The molecule has 3 heterocycles. The van der Waals surface area contributed by atoms with Gasteiger partial charge in [0.05, 0.1) is 0 Å². The van der Waals surface area contributed by atoms with Gasteiger partial charge in [0.25, 0.3) is 0 Å². The van der Waals surface area contributed by atoms with Gasteiger partial charge in [0.1, 0.15) is 5.82 Å². The quantitative estimate of drug-likeness (QED) is 0.722. The molecule has 3 unspecified atom stereocenters. The second-order valence-electron chi connectivity index (χ2n) is 8.43. The summed E-state index contributed by atoms with van der Waals surface area (Å²) in [7, 11) is 0. The summed E-state index contributed by atoms with van der Waals surface area (Å²) in [4.78, 5) is 21.3. The topological polar surface area (TPSA) is 60.5 Å². The van der Waals surface area contributed by atoms with E-state index >= 15 is 0 Å². The molecule has 0 bridgehead atoms. The van der Waals surface area contributed by atoms with E-state index < -0.39 is 0 Å². The van der Waals surface area contributed by atoms with E-state index in [0.29, 0.717) is 0 Å². The number of carbonyl (C=O) groups is 1. The van der Waals surface area contributed by atoms with Crippen LogP contribution in [0, 0.1) is 11.8 Å². The molecule has 2 amide bonds. The molecule has 27 heavy (non-hydrogen) atoms. The number of nitrogens with zero attached hydrogens (tertiary/aromatic N) is 3. The zero-order valence-electron chi connectivity index (χ0n) is 16.9. The third kappa shape index (κ3) is 6.38. The van der Waals surface area contributed by atoms with Crippen molar-refractivity contribution in [3.05, 3.63) is 24.4 Å². The number of piperidine rings is 1. The van der Waals surface area contributed by atoms with Crippen LogP contribution in [0.15, 0.2) is 24.4 Å². The third-order valence-corrected chi connectivity index (χ3v) is 5.63. The maximum absolute atomic E-state index is 12.1. The minimum absolute atomic E-state index is 0.0388. The number of unbranched alkanes of at least 4 members (excludes halogenated alkanes) is 1. The normalized spacial score (nSPS) is 26.1. The molecule has 0 aliphatic carbocycles. The monoisotopic (exact) mass is 373 g/mol. The first-order valence-electron chi connectivity index (χ1n) is 10.5. The molecule has 3 atom stereocenters. The molecule has 6 heteroatoms. The Morgan fingerprint density at radius 3 is 2.74 bits per heavy atom. The van der Waals surface area contributed by atoms with Gasteiger partial charge in [-0.05, 0) is 56.2 Å². The van der Waals surface area contributed by atoms with E-state index in [0.717, 1.165) is 63.1 Å². The fraction of sp³-hybridized carbons (Fsp3) is 0.714. The molecule has 2 N–H and O–H groups in total. The van der Waals surface area contributed by atoms with Crippen LogP contribution in [0.2, 0.25) is 0 Å². The molecule has 1 aromatic rings. The molecule has 3 rings (SSSR count). The predicted molar refractivity (Wildman–Crippen MR) is 110 cm³/mol. The van der Waals surface area contributed by atoms with Crippen molar-refractivity contribution in [3.63, 3.8) is 0 Å². The fourth-order valence-electron chi connectivity index (χ4n) is 4.50. The van der Waals surface area contributed by atoms with E-state index in [1.807, 2.05) is 24.4 Å². The Morgan fingerprint density at radius 2 is 2.00 bits per heavy atom. The molecule has 2 fully saturated rings. The summed E-state index contributed by atoms with van der Waals surface area (Å²) in [6, 6.07) is 6.11. The zero-order chi connectivity index (χ0) is 19.1. The van der Waals surface area contributed by atoms with Crippen LogP contribution in [0.5, 0.6) is 0 Å². The maximum atomic E-state index is 12.1. The number of rotatable bonds is 7. The Hall–Kier alpha value is -1.82. The molecule has 2 aliphatic rings. The standard InChI is InChI=1S/C21H35N5O/c1-17-13-18(2)15-25(14-17)11-6-5-10-23-21(27)24-19-8-12-26(16-19)20-7-3-4-9-22-20/h3-4,7,9,17-19H,5-6,8,10-16H2,1-2H3,(H2,23,24,27). The zero-order valence-corrected chi connectivity index (χ0v) is 16.9. The lowest BCUT2D eigenvalue weighted by Crippen LogP contribution is -2.44. The van der Waals surface area contributed by atoms with Gasteiger partial charge in [-0.3, -0.25) is 0 Å². The summed E-state index contributed by atoms with van der Waals surface area (Å²) in [6.45, 7) is 10.8. The minimum atomic E-state index is -0.0388. The molecule has 150 valence electrons. The smallest absolute Gasteiger partial charge is 0.315 e. The maximum Gasteiger partial charge on any atom is 0.315 e. The van der Waals surface area contributed by atoms with Gasteiger partial charge >= 0.3 is 6.03 Å². The molecule has 1 aromatic heterocycles. The van der Waals surface area contributed by atoms with Gasteiger partial charge in [-0.1, -0.05) is 19.9 Å². The van der Waals surface area contributed by atoms with Crippen LogP contribution in [0.3, 0.4) is 0 Å². The van der Waals surface area contributed by atoms with Gasteiger partial charge in [0.2, 0.25) is 0 Å². The first kappa shape index (κ1) is 19.9. The number of hydrogen-bond acceptors (Lipinski definition) is 4. The first-order valence-corrected chi connectivity index (χ1v) is 10.5. The lowest BCUT2D eigenvalue weighted by atomic mass is 9.92. The first-order chi connectivity index (χ1) is 13.1. The van der Waals surface area contributed by atoms with E-state index in [9.17, 15) is 4.79 Å². The Kier molecular flexibility index (Phi) is 7.33. The van der Waals surface area contributed by atoms with Crippen LogP contribution >= 0.6 is 0 Å². The second-order valence-corrected chi connectivity index (χ2v) is 8.43. The SMILES string of the molecule is CC1CC(C)CN(CCCCNC(=O)NC2CCN(c3ccccn3)C2)C1. The van der Waals surface area contributed by atoms with Crippen LogP contribution in [0.25, 0.3) is 0 Å². The van der Waals surface area contributed by atoms with Crippen molar-refractivity contribution in [3.8, 4) is 0 Å². The van der Waals surface area contributed by atoms with Crippen molar-refractivity contribution in [1.82, 2.24) is 20.5 Å². The number of carbonyl (C=O) groups excluding carboxylic acids is 1. The number of anilines is 1. The number of urea groups is 1. The van der Waals surface area contributed by atoms with Crippen LogP contribution in [-0.4, -0.2) is 61.2 Å². The van der Waals surface area contributed by atoms with Crippen molar-refractivity contribution in [2.75, 3.05) is 44.2 Å². The fourth-order valence-corrected chi connectivity index (χ4v) is 4.50. The van der Waals surface area contributed by atoms with Gasteiger partial charge in [0.15, 0.2) is 0 Å². The van der Waals surface area contributed by atoms with E-state index in [2.05, 4.69) is 39.3 Å². The van der Waals surface area contributed by atoms with Crippen LogP contribution < -0.4 is 15.5 Å². The number of aromatic nitrogens is 1. The van der Waals surface area contributed by atoms with Crippen LogP contribution in [-0.2, 0) is 0 Å². The average molecular weight is 374 g/mol. The van der Waals surface area contributed by atoms with Crippen LogP contribution in [0.4, 0.5) is 10.6 Å². The molecule has 2 saturated heterocycles. The summed E-state index contributed by atoms with van der Waals surface area (Å²) >= 11 is 0. The highest BCUT2D eigenvalue weighted by Crippen LogP contribution is 2.21. The van der Waals surface area contributed by atoms with Gasteiger partial charge < -0.3 is 20.4 Å². The van der Waals surface area contributed by atoms with Gasteiger partial charge in [-0.25, -0.2) is 9.78 Å². The lowest BCUT2D eigenvalue weighted by molar-refractivity contribution is 0.139. The molecule has 0 spiro atoms. The van der Waals surface area contributed by atoms with Crippen molar-refractivity contribution in [2.45, 2.75) is 45.6 Å². The Bertz CT molecular complexity index is 571. The molecular weight excluding hydrogens is 338 g/mol. The van der Waals surface area contributed by atoms with Crippen molar-refractivity contribution in [2.24, 2.45) is 11.8 Å². The van der Waals surface area contributed by atoms with E-state index in [1.165, 1.54) is 19.5 Å². The van der Waals surface area contributed by atoms with Gasteiger partial charge in [-0.2, -0.15) is 0 Å². The Balaban J connectivity index is 1.26. The number of hydrogen-bond donors (Lipinski definition) is 2. The largest absolute Gasteiger partial charge is 0.354 e. The highest BCUT2D eigenvalue weighted by molar-refractivity contribution is 5.74. The Labute approximate surface area is 163 Å². The summed E-state index contributed by atoms with van der Waals surface area (Å²) in [5.41, 5.74) is 0. The summed E-state index contributed by atoms with van der Waals surface area (Å²) in [6.07, 6.45) is 6.33. The third-order valence-electron chi connectivity index (χ3n) is 5.63. The van der Waals surface area contributed by atoms with Gasteiger partial charge in [-0.15, -0.1) is 0 Å². The van der Waals surface area contributed by atoms with Crippen molar-refractivity contribution >= 4 is 11.8 Å². The summed E-state index contributed by atoms with van der Waals surface area (Å²) < 4.78 is 0. The van der Waals surface area contributed by atoms with Crippen molar-refractivity contribution < 1.29 is 4.79 Å². The number of nitrogens with one attached hydrogen (secondary N) is 2. The molecule has 0 saturated carbocycles. The summed E-state index contributed by atoms with van der Waals surface area (Å²) in [5, 5.41) is 6.12. The van der Waals surface area contributed by atoms with E-state index in [-0.39, 0.29) is 12.1 Å². The van der Waals surface area contributed by atoms with Gasteiger partial charge in [0, 0.05) is 45.0 Å². The number of amides is 2. The number of likely N-dealkylation sites (tertiary alicyclic amines) is 1.